The predicted molar refractivity (Wildman–Crippen MR) is 56.8 cm³/mol. The SMILES string of the molecule is NC1=CC(N)(c2ccc(F)cc2)NC=C1. The molecule has 1 heterocycles. The van der Waals surface area contributed by atoms with Gasteiger partial charge in [0.15, 0.2) is 0 Å². The molecular weight excluding hydrogens is 193 g/mol. The maximum atomic E-state index is 12.7. The first-order chi connectivity index (χ1) is 7.10. The first-order valence-electron chi connectivity index (χ1n) is 4.58. The van der Waals surface area contributed by atoms with Crippen LogP contribution in [0.4, 0.5) is 4.39 Å². The third-order valence-electron chi connectivity index (χ3n) is 2.31. The topological polar surface area (TPSA) is 64.1 Å². The van der Waals surface area contributed by atoms with E-state index in [2.05, 4.69) is 5.32 Å². The van der Waals surface area contributed by atoms with Gasteiger partial charge in [0.05, 0.1) is 0 Å². The number of benzene rings is 1. The Hall–Kier alpha value is -1.81. The minimum Gasteiger partial charge on any atom is -0.399 e. The van der Waals surface area contributed by atoms with E-state index in [9.17, 15) is 4.39 Å². The molecule has 0 saturated carbocycles. The summed E-state index contributed by atoms with van der Waals surface area (Å²) in [5.74, 6) is -0.286. The first kappa shape index (κ1) is 9.73. The summed E-state index contributed by atoms with van der Waals surface area (Å²) in [7, 11) is 0. The molecule has 0 radical (unpaired) electrons. The average Bonchev–Trinajstić information content (AvgIpc) is 2.18. The van der Waals surface area contributed by atoms with Gasteiger partial charge in [0.1, 0.15) is 11.5 Å². The minimum atomic E-state index is -0.855. The molecule has 0 spiro atoms. The van der Waals surface area contributed by atoms with E-state index in [1.54, 1.807) is 30.5 Å². The normalized spacial score (nSPS) is 24.5. The van der Waals surface area contributed by atoms with Gasteiger partial charge in [-0.15, -0.1) is 0 Å². The molecule has 1 aliphatic heterocycles. The van der Waals surface area contributed by atoms with Gasteiger partial charge in [-0.25, -0.2) is 4.39 Å². The van der Waals surface area contributed by atoms with Crippen molar-refractivity contribution in [2.75, 3.05) is 0 Å². The molecule has 0 saturated heterocycles. The molecule has 4 heteroatoms. The smallest absolute Gasteiger partial charge is 0.133 e. The molecule has 0 fully saturated rings. The quantitative estimate of drug-likeness (QED) is 0.638. The summed E-state index contributed by atoms with van der Waals surface area (Å²) < 4.78 is 12.7. The molecule has 3 nitrogen and oxygen atoms in total. The zero-order chi connectivity index (χ0) is 10.9. The molecule has 0 amide bonds. The molecule has 78 valence electrons. The molecule has 0 aromatic heterocycles. The van der Waals surface area contributed by atoms with Gasteiger partial charge in [-0.2, -0.15) is 0 Å². The van der Waals surface area contributed by atoms with E-state index in [1.807, 2.05) is 0 Å². The molecule has 0 aliphatic carbocycles. The number of nitrogens with two attached hydrogens (primary N) is 2. The van der Waals surface area contributed by atoms with E-state index >= 15 is 0 Å². The Morgan fingerprint density at radius 1 is 1.20 bits per heavy atom. The van der Waals surface area contributed by atoms with E-state index in [4.69, 9.17) is 11.5 Å². The highest BCUT2D eigenvalue weighted by molar-refractivity contribution is 5.35. The van der Waals surface area contributed by atoms with Crippen molar-refractivity contribution in [3.8, 4) is 0 Å². The van der Waals surface area contributed by atoms with Gasteiger partial charge in [0.25, 0.3) is 0 Å². The van der Waals surface area contributed by atoms with Crippen molar-refractivity contribution in [3.05, 3.63) is 59.7 Å². The van der Waals surface area contributed by atoms with E-state index < -0.39 is 5.66 Å². The van der Waals surface area contributed by atoms with Crippen LogP contribution in [0.1, 0.15) is 5.56 Å². The van der Waals surface area contributed by atoms with Crippen LogP contribution in [0.3, 0.4) is 0 Å². The Balaban J connectivity index is 2.38. The lowest BCUT2D eigenvalue weighted by Gasteiger charge is -2.29. The van der Waals surface area contributed by atoms with Crippen LogP contribution in [-0.4, -0.2) is 0 Å². The fraction of sp³-hybridized carbons (Fsp3) is 0.0909. The second kappa shape index (κ2) is 3.40. The van der Waals surface area contributed by atoms with E-state index in [0.29, 0.717) is 5.70 Å². The summed E-state index contributed by atoms with van der Waals surface area (Å²) in [6, 6.07) is 6.00. The number of hydrogen-bond donors (Lipinski definition) is 3. The largest absolute Gasteiger partial charge is 0.399 e. The standard InChI is InChI=1S/C11H12FN3/c12-9-3-1-8(2-4-9)11(14)7-10(13)5-6-15-11/h1-7,15H,13-14H2. The van der Waals surface area contributed by atoms with E-state index in [-0.39, 0.29) is 5.82 Å². The molecule has 1 atom stereocenters. The lowest BCUT2D eigenvalue weighted by Crippen LogP contribution is -2.48. The highest BCUT2D eigenvalue weighted by Crippen LogP contribution is 2.20. The number of nitrogens with one attached hydrogen (secondary N) is 1. The lowest BCUT2D eigenvalue weighted by atomic mass is 9.97. The molecule has 15 heavy (non-hydrogen) atoms. The summed E-state index contributed by atoms with van der Waals surface area (Å²) >= 11 is 0. The van der Waals surface area contributed by atoms with Crippen molar-refractivity contribution in [2.45, 2.75) is 5.66 Å². The van der Waals surface area contributed by atoms with Gasteiger partial charge in [-0.05, 0) is 29.8 Å². The van der Waals surface area contributed by atoms with Crippen molar-refractivity contribution >= 4 is 0 Å². The van der Waals surface area contributed by atoms with Crippen LogP contribution in [-0.2, 0) is 5.66 Å². The summed E-state index contributed by atoms with van der Waals surface area (Å²) in [5.41, 5.74) is 12.2. The highest BCUT2D eigenvalue weighted by Gasteiger charge is 2.25. The van der Waals surface area contributed by atoms with Crippen LogP contribution in [0, 0.1) is 5.82 Å². The maximum Gasteiger partial charge on any atom is 0.133 e. The zero-order valence-corrected chi connectivity index (χ0v) is 8.07. The third-order valence-corrected chi connectivity index (χ3v) is 2.31. The van der Waals surface area contributed by atoms with Crippen molar-refractivity contribution in [3.63, 3.8) is 0 Å². The summed E-state index contributed by atoms with van der Waals surface area (Å²) in [6.07, 6.45) is 5.09. The zero-order valence-electron chi connectivity index (χ0n) is 8.07. The Bertz CT molecular complexity index is 422. The lowest BCUT2D eigenvalue weighted by molar-refractivity contribution is 0.488. The summed E-state index contributed by atoms with van der Waals surface area (Å²) in [5, 5.41) is 2.98. The number of hydrogen-bond acceptors (Lipinski definition) is 3. The van der Waals surface area contributed by atoms with Crippen LogP contribution in [0.25, 0.3) is 0 Å². The van der Waals surface area contributed by atoms with Gasteiger partial charge < -0.3 is 16.8 Å². The summed E-state index contributed by atoms with van der Waals surface area (Å²) in [4.78, 5) is 0. The Morgan fingerprint density at radius 2 is 1.87 bits per heavy atom. The van der Waals surface area contributed by atoms with Crippen molar-refractivity contribution in [2.24, 2.45) is 11.5 Å². The number of allylic oxidation sites excluding steroid dienone is 1. The average molecular weight is 205 g/mol. The van der Waals surface area contributed by atoms with Gasteiger partial charge in [-0.1, -0.05) is 12.1 Å². The number of halogens is 1. The molecule has 1 aromatic carbocycles. The molecule has 2 rings (SSSR count). The van der Waals surface area contributed by atoms with Crippen LogP contribution in [0.2, 0.25) is 0 Å². The van der Waals surface area contributed by atoms with Crippen molar-refractivity contribution < 1.29 is 4.39 Å². The maximum absolute atomic E-state index is 12.7. The second-order valence-electron chi connectivity index (χ2n) is 3.50. The molecule has 1 aliphatic rings. The Morgan fingerprint density at radius 3 is 2.47 bits per heavy atom. The number of dihydropyridines is 1. The summed E-state index contributed by atoms with van der Waals surface area (Å²) in [6.45, 7) is 0. The van der Waals surface area contributed by atoms with E-state index in [0.717, 1.165) is 5.56 Å². The fourth-order valence-corrected chi connectivity index (χ4v) is 1.52. The van der Waals surface area contributed by atoms with E-state index in [1.165, 1.54) is 12.1 Å². The molecule has 0 bridgehead atoms. The van der Waals surface area contributed by atoms with Crippen LogP contribution < -0.4 is 16.8 Å². The van der Waals surface area contributed by atoms with Crippen LogP contribution >= 0.6 is 0 Å². The van der Waals surface area contributed by atoms with Gasteiger partial charge in [0, 0.05) is 11.9 Å². The molecule has 5 N–H and O–H groups in total. The highest BCUT2D eigenvalue weighted by atomic mass is 19.1. The Kier molecular flexibility index (Phi) is 2.21. The third kappa shape index (κ3) is 1.85. The van der Waals surface area contributed by atoms with Crippen LogP contribution in [0.5, 0.6) is 0 Å². The van der Waals surface area contributed by atoms with Gasteiger partial charge in [0.2, 0.25) is 0 Å². The first-order valence-corrected chi connectivity index (χ1v) is 4.58. The predicted octanol–water partition coefficient (Wildman–Crippen LogP) is 0.897. The minimum absolute atomic E-state index is 0.286. The van der Waals surface area contributed by atoms with Crippen LogP contribution in [0.15, 0.2) is 48.3 Å². The molecule has 1 unspecified atom stereocenters. The molecular formula is C11H12FN3. The Labute approximate surface area is 87.3 Å². The number of rotatable bonds is 1. The van der Waals surface area contributed by atoms with Crippen molar-refractivity contribution in [1.29, 1.82) is 0 Å². The monoisotopic (exact) mass is 205 g/mol. The second-order valence-corrected chi connectivity index (χ2v) is 3.50. The molecule has 1 aromatic rings. The van der Waals surface area contributed by atoms with Gasteiger partial charge in [-0.3, -0.25) is 0 Å². The van der Waals surface area contributed by atoms with Gasteiger partial charge >= 0.3 is 0 Å². The van der Waals surface area contributed by atoms with Crippen molar-refractivity contribution in [1.82, 2.24) is 5.32 Å². The fourth-order valence-electron chi connectivity index (χ4n) is 1.52.